The molecule has 2 amide bonds. The highest BCUT2D eigenvalue weighted by Crippen LogP contribution is 2.43. The van der Waals surface area contributed by atoms with Crippen LogP contribution >= 0.6 is 11.6 Å². The first-order chi connectivity index (χ1) is 19.8. The number of nitrogens with one attached hydrogen (secondary N) is 1. The number of hydrogen-bond donors (Lipinski definition) is 3. The molecule has 41 heavy (non-hydrogen) atoms. The number of aliphatic hydroxyl groups is 1. The Morgan fingerprint density at radius 1 is 1.15 bits per heavy atom. The Morgan fingerprint density at radius 2 is 1.90 bits per heavy atom. The number of ether oxygens (including phenoxy) is 2. The largest absolute Gasteiger partial charge is 0.453 e. The lowest BCUT2D eigenvalue weighted by atomic mass is 9.79. The van der Waals surface area contributed by atoms with Crippen LogP contribution in [0.4, 0.5) is 4.79 Å². The van der Waals surface area contributed by atoms with Gasteiger partial charge in [-0.2, -0.15) is 0 Å². The average Bonchev–Trinajstić information content (AvgIpc) is 3.02. The molecule has 0 radical (unpaired) electrons. The Labute approximate surface area is 246 Å². The highest BCUT2D eigenvalue weighted by molar-refractivity contribution is 6.33. The predicted molar refractivity (Wildman–Crippen MR) is 160 cm³/mol. The Bertz CT molecular complexity index is 1350. The molecule has 1 aliphatic heterocycles. The van der Waals surface area contributed by atoms with Gasteiger partial charge in [-0.1, -0.05) is 67.1 Å². The van der Waals surface area contributed by atoms with E-state index in [0.29, 0.717) is 42.2 Å². The van der Waals surface area contributed by atoms with Gasteiger partial charge in [0.2, 0.25) is 0 Å². The number of nitrogens with zero attached hydrogens (tertiary/aromatic N) is 1. The number of methoxy groups -OCH3 is 1. The summed E-state index contributed by atoms with van der Waals surface area (Å²) in [5.74, 6) is -0.140. The first-order valence-electron chi connectivity index (χ1n) is 13.9. The summed E-state index contributed by atoms with van der Waals surface area (Å²) in [4.78, 5) is 26.8. The minimum atomic E-state index is -1.53. The highest BCUT2D eigenvalue weighted by atomic mass is 35.5. The maximum atomic E-state index is 13.5. The minimum Gasteiger partial charge on any atom is -0.453 e. The molecule has 3 aromatic rings. The summed E-state index contributed by atoms with van der Waals surface area (Å²) >= 11 is 6.81. The van der Waals surface area contributed by atoms with E-state index in [-0.39, 0.29) is 25.5 Å². The lowest BCUT2D eigenvalue weighted by molar-refractivity contribution is -0.146. The number of carbonyl (C=O) groups is 2. The Hall–Kier alpha value is -3.43. The average molecular weight is 580 g/mol. The topological polar surface area (TPSA) is 114 Å². The number of benzene rings is 3. The molecule has 4 rings (SSSR count). The first-order valence-corrected chi connectivity index (χ1v) is 14.3. The Kier molecular flexibility index (Phi) is 10.4. The van der Waals surface area contributed by atoms with Crippen LogP contribution in [0.2, 0.25) is 5.02 Å². The van der Waals surface area contributed by atoms with Crippen molar-refractivity contribution in [2.45, 2.75) is 44.4 Å². The fourth-order valence-corrected chi connectivity index (χ4v) is 5.59. The third kappa shape index (κ3) is 7.08. The number of amides is 2. The van der Waals surface area contributed by atoms with Crippen LogP contribution in [0.5, 0.6) is 0 Å². The lowest BCUT2D eigenvalue weighted by Gasteiger charge is -2.43. The molecule has 0 bridgehead atoms. The minimum absolute atomic E-state index is 0.140. The van der Waals surface area contributed by atoms with Crippen molar-refractivity contribution in [1.82, 2.24) is 10.2 Å². The summed E-state index contributed by atoms with van der Waals surface area (Å²) in [5, 5.41) is 15.8. The molecule has 1 saturated heterocycles. The number of carbonyl (C=O) groups excluding carboxylic acids is 2. The van der Waals surface area contributed by atoms with Crippen molar-refractivity contribution in [3.8, 4) is 11.1 Å². The number of halogens is 1. The van der Waals surface area contributed by atoms with Crippen LogP contribution in [0.3, 0.4) is 0 Å². The maximum absolute atomic E-state index is 13.5. The van der Waals surface area contributed by atoms with E-state index in [0.717, 1.165) is 28.7 Å². The van der Waals surface area contributed by atoms with E-state index in [1.807, 2.05) is 36.4 Å². The highest BCUT2D eigenvalue weighted by Gasteiger charge is 2.44. The third-order valence-electron chi connectivity index (χ3n) is 7.62. The lowest BCUT2D eigenvalue weighted by Crippen LogP contribution is -2.54. The van der Waals surface area contributed by atoms with E-state index >= 15 is 0 Å². The van der Waals surface area contributed by atoms with Crippen molar-refractivity contribution >= 4 is 23.6 Å². The van der Waals surface area contributed by atoms with Gasteiger partial charge in [0.05, 0.1) is 20.3 Å². The second-order valence-electron chi connectivity index (χ2n) is 10.2. The second kappa shape index (κ2) is 14.0. The van der Waals surface area contributed by atoms with E-state index < -0.39 is 17.8 Å². The molecule has 0 saturated carbocycles. The zero-order valence-electron chi connectivity index (χ0n) is 23.6. The molecule has 1 fully saturated rings. The van der Waals surface area contributed by atoms with Crippen molar-refractivity contribution < 1.29 is 24.2 Å². The summed E-state index contributed by atoms with van der Waals surface area (Å²) in [7, 11) is 1.30. The smallest absolute Gasteiger partial charge is 0.406 e. The molecule has 0 aromatic heterocycles. The fraction of sp³-hybridized carbons (Fsp3) is 0.375. The summed E-state index contributed by atoms with van der Waals surface area (Å²) in [6.07, 6.45) is 0.246. The van der Waals surface area contributed by atoms with Gasteiger partial charge < -0.3 is 30.5 Å². The van der Waals surface area contributed by atoms with Gasteiger partial charge in [-0.25, -0.2) is 4.79 Å². The van der Waals surface area contributed by atoms with Crippen LogP contribution in [0.15, 0.2) is 66.7 Å². The number of alkyl carbamates (subject to hydrolysis) is 1. The summed E-state index contributed by atoms with van der Waals surface area (Å²) in [5.41, 5.74) is 9.05. The number of nitrogens with two attached hydrogens (primary N) is 1. The fourth-order valence-electron chi connectivity index (χ4n) is 5.30. The number of morpholine rings is 1. The molecule has 0 spiro atoms. The van der Waals surface area contributed by atoms with Crippen LogP contribution < -0.4 is 11.1 Å². The van der Waals surface area contributed by atoms with Gasteiger partial charge in [0.1, 0.15) is 11.7 Å². The van der Waals surface area contributed by atoms with Gasteiger partial charge in [0.25, 0.3) is 5.91 Å². The summed E-state index contributed by atoms with van der Waals surface area (Å²) in [6.45, 7) is 3.62. The summed E-state index contributed by atoms with van der Waals surface area (Å²) < 4.78 is 10.9. The van der Waals surface area contributed by atoms with Crippen molar-refractivity contribution in [3.05, 3.63) is 94.0 Å². The van der Waals surface area contributed by atoms with Crippen LogP contribution in [-0.2, 0) is 28.0 Å². The van der Waals surface area contributed by atoms with Crippen LogP contribution in [-0.4, -0.2) is 61.5 Å². The summed E-state index contributed by atoms with van der Waals surface area (Å²) in [6, 6.07) is 20.8. The molecule has 4 N–H and O–H groups in total. The molecule has 0 aliphatic carbocycles. The van der Waals surface area contributed by atoms with Gasteiger partial charge in [0.15, 0.2) is 0 Å². The predicted octanol–water partition coefficient (Wildman–Crippen LogP) is 4.89. The molecule has 8 nitrogen and oxygen atoms in total. The van der Waals surface area contributed by atoms with E-state index in [1.165, 1.54) is 7.11 Å². The van der Waals surface area contributed by atoms with Crippen molar-refractivity contribution in [2.24, 2.45) is 5.73 Å². The Morgan fingerprint density at radius 3 is 2.61 bits per heavy atom. The first kappa shape index (κ1) is 30.5. The standard InChI is InChI=1S/C32H38ClN3O5/c1-3-22-7-4-8-25(19-22)29-26(9-5-10-27(29)33)32(39,15-6-16-35-31(38)40-2)28-21-36(17-18-41-28)30(37)24-13-11-23(20-34)12-14-24/h4-5,7-14,19,28,39H,3,6,15-18,20-21,34H2,1-2H3,(H,35,38). The van der Waals surface area contributed by atoms with E-state index in [4.69, 9.17) is 22.1 Å². The van der Waals surface area contributed by atoms with Crippen LogP contribution in [0.1, 0.15) is 46.8 Å². The van der Waals surface area contributed by atoms with Gasteiger partial charge in [0, 0.05) is 35.8 Å². The molecule has 1 heterocycles. The molecule has 9 heteroatoms. The quantitative estimate of drug-likeness (QED) is 0.295. The normalized spacial score (nSPS) is 16.6. The number of hydrogen-bond acceptors (Lipinski definition) is 6. The van der Waals surface area contributed by atoms with E-state index in [9.17, 15) is 14.7 Å². The van der Waals surface area contributed by atoms with Crippen LogP contribution in [0, 0.1) is 0 Å². The van der Waals surface area contributed by atoms with Gasteiger partial charge in [-0.05, 0) is 59.7 Å². The zero-order valence-corrected chi connectivity index (χ0v) is 24.3. The van der Waals surface area contributed by atoms with Gasteiger partial charge in [-0.3, -0.25) is 4.79 Å². The molecule has 3 aromatic carbocycles. The van der Waals surface area contributed by atoms with Gasteiger partial charge >= 0.3 is 6.09 Å². The van der Waals surface area contributed by atoms with Crippen molar-refractivity contribution in [1.29, 1.82) is 0 Å². The molecule has 218 valence electrons. The van der Waals surface area contributed by atoms with Crippen LogP contribution in [0.25, 0.3) is 11.1 Å². The molecular weight excluding hydrogens is 542 g/mol. The SMILES string of the molecule is CCc1cccc(-c2c(Cl)cccc2C(O)(CCCNC(=O)OC)C2CN(C(=O)c3ccc(CN)cc3)CCO2)c1. The zero-order chi connectivity index (χ0) is 29.4. The third-order valence-corrected chi connectivity index (χ3v) is 7.93. The van der Waals surface area contributed by atoms with Crippen molar-refractivity contribution in [2.75, 3.05) is 33.4 Å². The second-order valence-corrected chi connectivity index (χ2v) is 10.6. The molecular formula is C32H38ClN3O5. The van der Waals surface area contributed by atoms with E-state index in [1.54, 1.807) is 23.1 Å². The number of aryl methyl sites for hydroxylation is 1. The monoisotopic (exact) mass is 579 g/mol. The Balaban J connectivity index is 1.70. The number of rotatable bonds is 10. The molecule has 1 aliphatic rings. The molecule has 2 atom stereocenters. The van der Waals surface area contributed by atoms with E-state index in [2.05, 4.69) is 29.1 Å². The van der Waals surface area contributed by atoms with Crippen molar-refractivity contribution in [3.63, 3.8) is 0 Å². The molecule has 2 unspecified atom stereocenters. The maximum Gasteiger partial charge on any atom is 0.406 e. The van der Waals surface area contributed by atoms with Gasteiger partial charge in [-0.15, -0.1) is 0 Å².